The number of benzene rings is 1. The lowest BCUT2D eigenvalue weighted by molar-refractivity contribution is 0.0734. The number of hydrogen-bond donors (Lipinski definition) is 2. The van der Waals surface area contributed by atoms with Gasteiger partial charge in [-0.25, -0.2) is 0 Å². The van der Waals surface area contributed by atoms with E-state index in [4.69, 9.17) is 0 Å². The Kier molecular flexibility index (Phi) is 3.10. The van der Waals surface area contributed by atoms with Gasteiger partial charge in [-0.1, -0.05) is 6.07 Å². The van der Waals surface area contributed by atoms with E-state index >= 15 is 0 Å². The van der Waals surface area contributed by atoms with E-state index in [1.54, 1.807) is 18.2 Å². The smallest absolute Gasteiger partial charge is 0.254 e. The molecule has 1 aromatic carbocycles. The molecular weight excluding hydrogens is 204 g/mol. The van der Waals surface area contributed by atoms with Crippen molar-refractivity contribution < 1.29 is 9.90 Å². The maximum Gasteiger partial charge on any atom is 0.254 e. The summed E-state index contributed by atoms with van der Waals surface area (Å²) in [5, 5.41) is 12.6. The number of phenolic OH excluding ortho intramolecular Hbond substituents is 1. The molecule has 0 saturated carbocycles. The molecule has 0 atom stereocenters. The average molecular weight is 220 g/mol. The maximum atomic E-state index is 12.2. The second kappa shape index (κ2) is 4.53. The second-order valence-electron chi connectivity index (χ2n) is 4.04. The van der Waals surface area contributed by atoms with Crippen LogP contribution in [0.3, 0.4) is 0 Å². The van der Waals surface area contributed by atoms with E-state index in [1.807, 2.05) is 11.8 Å². The maximum absolute atomic E-state index is 12.2. The van der Waals surface area contributed by atoms with Crippen LogP contribution in [0.15, 0.2) is 18.2 Å². The van der Waals surface area contributed by atoms with Gasteiger partial charge in [0.25, 0.3) is 5.91 Å². The highest BCUT2D eigenvalue weighted by atomic mass is 16.3. The van der Waals surface area contributed by atoms with Crippen molar-refractivity contribution in [2.75, 3.05) is 26.2 Å². The summed E-state index contributed by atoms with van der Waals surface area (Å²) < 4.78 is 0. The summed E-state index contributed by atoms with van der Waals surface area (Å²) >= 11 is 0. The van der Waals surface area contributed by atoms with Gasteiger partial charge in [0.1, 0.15) is 5.75 Å². The van der Waals surface area contributed by atoms with Gasteiger partial charge in [0, 0.05) is 31.7 Å². The number of rotatable bonds is 1. The Hall–Kier alpha value is -1.55. The molecule has 86 valence electrons. The molecule has 0 bridgehead atoms. The standard InChI is InChI=1S/C12H16N2O2/c1-9-2-3-10(15)8-11(9)12(16)14-6-4-13-5-7-14/h2-3,8,13,15H,4-7H2,1H3. The summed E-state index contributed by atoms with van der Waals surface area (Å²) in [6.45, 7) is 5.02. The van der Waals surface area contributed by atoms with Crippen LogP contribution in [0.25, 0.3) is 0 Å². The number of amides is 1. The predicted octanol–water partition coefficient (Wildman–Crippen LogP) is 0.746. The van der Waals surface area contributed by atoms with Crippen LogP contribution in [0.5, 0.6) is 5.75 Å². The molecule has 1 aromatic rings. The summed E-state index contributed by atoms with van der Waals surface area (Å²) in [6.07, 6.45) is 0. The van der Waals surface area contributed by atoms with Crippen molar-refractivity contribution in [2.45, 2.75) is 6.92 Å². The largest absolute Gasteiger partial charge is 0.508 e. The number of carbonyl (C=O) groups is 1. The molecule has 1 heterocycles. The first-order chi connectivity index (χ1) is 7.68. The number of hydrogen-bond acceptors (Lipinski definition) is 3. The zero-order valence-electron chi connectivity index (χ0n) is 9.36. The van der Waals surface area contributed by atoms with E-state index in [2.05, 4.69) is 5.32 Å². The summed E-state index contributed by atoms with van der Waals surface area (Å²) in [4.78, 5) is 14.0. The van der Waals surface area contributed by atoms with Crippen molar-refractivity contribution in [3.8, 4) is 5.75 Å². The van der Waals surface area contributed by atoms with Gasteiger partial charge in [0.15, 0.2) is 0 Å². The molecule has 16 heavy (non-hydrogen) atoms. The van der Waals surface area contributed by atoms with E-state index < -0.39 is 0 Å². The zero-order valence-corrected chi connectivity index (χ0v) is 9.36. The van der Waals surface area contributed by atoms with Crippen LogP contribution in [-0.2, 0) is 0 Å². The summed E-state index contributed by atoms with van der Waals surface area (Å²) in [5.41, 5.74) is 1.50. The van der Waals surface area contributed by atoms with E-state index in [-0.39, 0.29) is 11.7 Å². The van der Waals surface area contributed by atoms with Crippen LogP contribution in [0.4, 0.5) is 0 Å². The Morgan fingerprint density at radius 1 is 1.38 bits per heavy atom. The molecule has 4 nitrogen and oxygen atoms in total. The summed E-state index contributed by atoms with van der Waals surface area (Å²) in [7, 11) is 0. The van der Waals surface area contributed by atoms with Gasteiger partial charge in [-0.15, -0.1) is 0 Å². The molecule has 2 rings (SSSR count). The van der Waals surface area contributed by atoms with Gasteiger partial charge in [0.05, 0.1) is 0 Å². The summed E-state index contributed by atoms with van der Waals surface area (Å²) in [6, 6.07) is 4.91. The highest BCUT2D eigenvalue weighted by Crippen LogP contribution is 2.17. The number of phenols is 1. The van der Waals surface area contributed by atoms with Crippen molar-refractivity contribution >= 4 is 5.91 Å². The fourth-order valence-electron chi connectivity index (χ4n) is 1.88. The van der Waals surface area contributed by atoms with E-state index in [0.717, 1.165) is 31.7 Å². The van der Waals surface area contributed by atoms with Crippen LogP contribution in [0, 0.1) is 6.92 Å². The van der Waals surface area contributed by atoms with E-state index in [9.17, 15) is 9.90 Å². The third-order valence-electron chi connectivity index (χ3n) is 2.86. The Morgan fingerprint density at radius 2 is 2.06 bits per heavy atom. The minimum absolute atomic E-state index is 0.00917. The fraction of sp³-hybridized carbons (Fsp3) is 0.417. The third-order valence-corrected chi connectivity index (χ3v) is 2.86. The monoisotopic (exact) mass is 220 g/mol. The van der Waals surface area contributed by atoms with Crippen LogP contribution >= 0.6 is 0 Å². The van der Waals surface area contributed by atoms with Crippen molar-refractivity contribution in [2.24, 2.45) is 0 Å². The molecule has 0 unspecified atom stereocenters. The van der Waals surface area contributed by atoms with Crippen molar-refractivity contribution in [1.82, 2.24) is 10.2 Å². The number of aryl methyl sites for hydroxylation is 1. The first kappa shape index (κ1) is 11.0. The molecule has 0 aliphatic carbocycles. The summed E-state index contributed by atoms with van der Waals surface area (Å²) in [5.74, 6) is 0.152. The van der Waals surface area contributed by atoms with Gasteiger partial charge >= 0.3 is 0 Å². The lowest BCUT2D eigenvalue weighted by atomic mass is 10.1. The molecule has 2 N–H and O–H groups in total. The second-order valence-corrected chi connectivity index (χ2v) is 4.04. The van der Waals surface area contributed by atoms with Gasteiger partial charge < -0.3 is 15.3 Å². The Bertz CT molecular complexity index is 398. The lowest BCUT2D eigenvalue weighted by Gasteiger charge is -2.28. The number of piperazine rings is 1. The molecule has 4 heteroatoms. The Balaban J connectivity index is 2.22. The quantitative estimate of drug-likeness (QED) is 0.734. The van der Waals surface area contributed by atoms with Crippen molar-refractivity contribution in [3.05, 3.63) is 29.3 Å². The van der Waals surface area contributed by atoms with Crippen LogP contribution in [0.2, 0.25) is 0 Å². The molecule has 1 aliphatic heterocycles. The topological polar surface area (TPSA) is 52.6 Å². The molecule has 1 amide bonds. The molecule has 0 aromatic heterocycles. The predicted molar refractivity (Wildman–Crippen MR) is 61.6 cm³/mol. The first-order valence-corrected chi connectivity index (χ1v) is 5.48. The van der Waals surface area contributed by atoms with Crippen LogP contribution in [-0.4, -0.2) is 42.1 Å². The van der Waals surface area contributed by atoms with Crippen molar-refractivity contribution in [3.63, 3.8) is 0 Å². The van der Waals surface area contributed by atoms with E-state index in [0.29, 0.717) is 5.56 Å². The molecule has 1 saturated heterocycles. The first-order valence-electron chi connectivity index (χ1n) is 5.48. The Labute approximate surface area is 94.9 Å². The number of aromatic hydroxyl groups is 1. The van der Waals surface area contributed by atoms with Gasteiger partial charge in [-0.3, -0.25) is 4.79 Å². The Morgan fingerprint density at radius 3 is 2.75 bits per heavy atom. The van der Waals surface area contributed by atoms with Crippen LogP contribution < -0.4 is 5.32 Å². The van der Waals surface area contributed by atoms with E-state index in [1.165, 1.54) is 0 Å². The molecule has 1 aliphatic rings. The fourth-order valence-corrected chi connectivity index (χ4v) is 1.88. The molecule has 0 spiro atoms. The number of nitrogens with one attached hydrogen (secondary N) is 1. The average Bonchev–Trinajstić information content (AvgIpc) is 2.32. The van der Waals surface area contributed by atoms with Gasteiger partial charge in [-0.2, -0.15) is 0 Å². The molecule has 0 radical (unpaired) electrons. The van der Waals surface area contributed by atoms with Gasteiger partial charge in [0.2, 0.25) is 0 Å². The highest BCUT2D eigenvalue weighted by molar-refractivity contribution is 5.96. The molecule has 1 fully saturated rings. The number of nitrogens with zero attached hydrogens (tertiary/aromatic N) is 1. The normalized spacial score (nSPS) is 16.2. The minimum atomic E-state index is 0.00917. The van der Waals surface area contributed by atoms with Crippen LogP contribution in [0.1, 0.15) is 15.9 Å². The molecular formula is C12H16N2O2. The van der Waals surface area contributed by atoms with Gasteiger partial charge in [-0.05, 0) is 24.6 Å². The highest BCUT2D eigenvalue weighted by Gasteiger charge is 2.19. The SMILES string of the molecule is Cc1ccc(O)cc1C(=O)N1CCNCC1. The van der Waals surface area contributed by atoms with Crippen molar-refractivity contribution in [1.29, 1.82) is 0 Å². The minimum Gasteiger partial charge on any atom is -0.508 e. The number of carbonyl (C=O) groups excluding carboxylic acids is 1. The third kappa shape index (κ3) is 2.17. The lowest BCUT2D eigenvalue weighted by Crippen LogP contribution is -2.46. The zero-order chi connectivity index (χ0) is 11.5.